The number of H-pyrrole nitrogens is 1. The maximum atomic E-state index is 12.2. The van der Waals surface area contributed by atoms with Crippen molar-refractivity contribution in [2.45, 2.75) is 6.54 Å². The van der Waals surface area contributed by atoms with Crippen LogP contribution < -0.4 is 5.32 Å². The fraction of sp³-hybridized carbons (Fsp3) is 0.0625. The van der Waals surface area contributed by atoms with Crippen molar-refractivity contribution >= 4 is 34.2 Å². The number of hydrogen-bond donors (Lipinski definition) is 2. The normalized spacial score (nSPS) is 10.6. The van der Waals surface area contributed by atoms with Crippen LogP contribution in [0.3, 0.4) is 0 Å². The molecular weight excluding hydrogens is 302 g/mol. The molecule has 0 unspecified atom stereocenters. The van der Waals surface area contributed by atoms with Gasteiger partial charge in [0.15, 0.2) is 0 Å². The van der Waals surface area contributed by atoms with Crippen molar-refractivity contribution in [2.75, 3.05) is 0 Å². The predicted octanol–water partition coefficient (Wildman–Crippen LogP) is 2.72. The van der Waals surface area contributed by atoms with Crippen LogP contribution in [0.1, 0.15) is 15.9 Å². The summed E-state index contributed by atoms with van der Waals surface area (Å²) in [5.41, 5.74) is 1.88. The lowest BCUT2D eigenvalue weighted by Crippen LogP contribution is -2.30. The van der Waals surface area contributed by atoms with E-state index in [2.05, 4.69) is 15.3 Å². The van der Waals surface area contributed by atoms with E-state index in [0.29, 0.717) is 16.0 Å². The third-order valence-electron chi connectivity index (χ3n) is 3.27. The van der Waals surface area contributed by atoms with Gasteiger partial charge >= 0.3 is 0 Å². The van der Waals surface area contributed by atoms with E-state index in [0.717, 1.165) is 11.1 Å². The fourth-order valence-corrected chi connectivity index (χ4v) is 2.35. The van der Waals surface area contributed by atoms with E-state index < -0.39 is 11.7 Å². The highest BCUT2D eigenvalue weighted by Crippen LogP contribution is 2.22. The zero-order chi connectivity index (χ0) is 15.5. The number of amides is 1. The van der Waals surface area contributed by atoms with Gasteiger partial charge in [-0.25, -0.2) is 0 Å². The SMILES string of the molecule is O=C(NCc1cccnc1)C(=O)c1c[nH]c2cc(Cl)ccc12. The number of aromatic amines is 1. The highest BCUT2D eigenvalue weighted by atomic mass is 35.5. The first-order valence-electron chi connectivity index (χ1n) is 6.63. The van der Waals surface area contributed by atoms with E-state index in [4.69, 9.17) is 11.6 Å². The molecule has 22 heavy (non-hydrogen) atoms. The van der Waals surface area contributed by atoms with Crippen LogP contribution in [0.25, 0.3) is 10.9 Å². The number of hydrogen-bond acceptors (Lipinski definition) is 3. The summed E-state index contributed by atoms with van der Waals surface area (Å²) < 4.78 is 0. The van der Waals surface area contributed by atoms with Gasteiger partial charge in [0.05, 0.1) is 5.56 Å². The number of benzene rings is 1. The highest BCUT2D eigenvalue weighted by molar-refractivity contribution is 6.45. The van der Waals surface area contributed by atoms with Crippen molar-refractivity contribution in [1.29, 1.82) is 0 Å². The Hall–Kier alpha value is -2.66. The summed E-state index contributed by atoms with van der Waals surface area (Å²) in [7, 11) is 0. The smallest absolute Gasteiger partial charge is 0.292 e. The first kappa shape index (κ1) is 14.3. The first-order chi connectivity index (χ1) is 10.6. The van der Waals surface area contributed by atoms with E-state index in [1.54, 1.807) is 36.7 Å². The molecule has 1 amide bonds. The van der Waals surface area contributed by atoms with Crippen molar-refractivity contribution in [2.24, 2.45) is 0 Å². The molecule has 0 spiro atoms. The van der Waals surface area contributed by atoms with Gasteiger partial charge in [0, 0.05) is 41.1 Å². The van der Waals surface area contributed by atoms with Crippen molar-refractivity contribution in [3.05, 3.63) is 65.1 Å². The van der Waals surface area contributed by atoms with Crippen LogP contribution in [0.2, 0.25) is 5.02 Å². The molecule has 0 aliphatic carbocycles. The van der Waals surface area contributed by atoms with Gasteiger partial charge in [-0.3, -0.25) is 14.6 Å². The van der Waals surface area contributed by atoms with Gasteiger partial charge in [-0.1, -0.05) is 23.7 Å². The summed E-state index contributed by atoms with van der Waals surface area (Å²) in [6.45, 7) is 0.257. The second-order valence-corrected chi connectivity index (χ2v) is 5.20. The Labute approximate surface area is 131 Å². The molecule has 5 nitrogen and oxygen atoms in total. The second-order valence-electron chi connectivity index (χ2n) is 4.77. The standard InChI is InChI=1S/C16H12ClN3O2/c17-11-3-4-12-13(9-19-14(12)6-11)15(21)16(22)20-8-10-2-1-5-18-7-10/h1-7,9,19H,8H2,(H,20,22). The lowest BCUT2D eigenvalue weighted by molar-refractivity contribution is -0.117. The molecule has 0 atom stereocenters. The summed E-state index contributed by atoms with van der Waals surface area (Å²) in [6, 6.07) is 8.71. The summed E-state index contributed by atoms with van der Waals surface area (Å²) in [4.78, 5) is 31.1. The molecule has 0 saturated heterocycles. The van der Waals surface area contributed by atoms with Gasteiger partial charge in [0.2, 0.25) is 0 Å². The minimum atomic E-state index is -0.653. The Bertz CT molecular complexity index is 843. The number of carbonyl (C=O) groups excluding carboxylic acids is 2. The van der Waals surface area contributed by atoms with Crippen LogP contribution >= 0.6 is 11.6 Å². The number of halogens is 1. The van der Waals surface area contributed by atoms with Crippen LogP contribution in [0.15, 0.2) is 48.9 Å². The van der Waals surface area contributed by atoms with Crippen LogP contribution in [-0.4, -0.2) is 21.7 Å². The fourth-order valence-electron chi connectivity index (χ4n) is 2.17. The van der Waals surface area contributed by atoms with Crippen LogP contribution in [0.4, 0.5) is 0 Å². The Balaban J connectivity index is 1.76. The number of rotatable bonds is 4. The summed E-state index contributed by atoms with van der Waals surface area (Å²) in [5.74, 6) is -1.24. The number of pyridine rings is 1. The number of nitrogens with one attached hydrogen (secondary N) is 2. The van der Waals surface area contributed by atoms with Gasteiger partial charge in [-0.2, -0.15) is 0 Å². The van der Waals surface area contributed by atoms with Crippen molar-refractivity contribution in [3.63, 3.8) is 0 Å². The van der Waals surface area contributed by atoms with E-state index in [-0.39, 0.29) is 6.54 Å². The average Bonchev–Trinajstić information content (AvgIpc) is 2.95. The molecule has 1 aromatic carbocycles. The molecule has 3 aromatic rings. The van der Waals surface area contributed by atoms with E-state index in [9.17, 15) is 9.59 Å². The van der Waals surface area contributed by atoms with Gasteiger partial charge in [-0.05, 0) is 23.8 Å². The summed E-state index contributed by atoms with van der Waals surface area (Å²) in [5, 5.41) is 3.83. The summed E-state index contributed by atoms with van der Waals surface area (Å²) >= 11 is 5.90. The number of carbonyl (C=O) groups is 2. The monoisotopic (exact) mass is 313 g/mol. The zero-order valence-electron chi connectivity index (χ0n) is 11.5. The Morgan fingerprint density at radius 2 is 2.14 bits per heavy atom. The van der Waals surface area contributed by atoms with E-state index in [1.165, 1.54) is 6.20 Å². The average molecular weight is 314 g/mol. The molecule has 6 heteroatoms. The number of nitrogens with zero attached hydrogens (tertiary/aromatic N) is 1. The number of Topliss-reactive ketones (excluding diaryl/α,β-unsaturated/α-hetero) is 1. The van der Waals surface area contributed by atoms with Crippen molar-refractivity contribution in [1.82, 2.24) is 15.3 Å². The maximum Gasteiger partial charge on any atom is 0.292 e. The maximum absolute atomic E-state index is 12.2. The van der Waals surface area contributed by atoms with E-state index >= 15 is 0 Å². The molecule has 0 saturated carbocycles. The molecule has 2 heterocycles. The van der Waals surface area contributed by atoms with Crippen LogP contribution in [0.5, 0.6) is 0 Å². The molecule has 0 bridgehead atoms. The molecule has 0 aliphatic rings. The number of ketones is 1. The number of aromatic nitrogens is 2. The third-order valence-corrected chi connectivity index (χ3v) is 3.51. The molecule has 2 aromatic heterocycles. The van der Waals surface area contributed by atoms with Crippen LogP contribution in [-0.2, 0) is 11.3 Å². The topological polar surface area (TPSA) is 74.8 Å². The first-order valence-corrected chi connectivity index (χ1v) is 7.01. The molecule has 0 aliphatic heterocycles. The van der Waals surface area contributed by atoms with Gasteiger partial charge in [0.25, 0.3) is 11.7 Å². The van der Waals surface area contributed by atoms with Gasteiger partial charge in [-0.15, -0.1) is 0 Å². The molecular formula is C16H12ClN3O2. The van der Waals surface area contributed by atoms with Gasteiger partial charge in [0.1, 0.15) is 0 Å². The highest BCUT2D eigenvalue weighted by Gasteiger charge is 2.19. The Morgan fingerprint density at radius 3 is 2.91 bits per heavy atom. The third kappa shape index (κ3) is 2.84. The molecule has 2 N–H and O–H groups in total. The lowest BCUT2D eigenvalue weighted by atomic mass is 10.1. The molecule has 3 rings (SSSR count). The zero-order valence-corrected chi connectivity index (χ0v) is 12.2. The minimum absolute atomic E-state index is 0.257. The Kier molecular flexibility index (Phi) is 3.89. The molecule has 110 valence electrons. The quantitative estimate of drug-likeness (QED) is 0.574. The van der Waals surface area contributed by atoms with Crippen molar-refractivity contribution in [3.8, 4) is 0 Å². The van der Waals surface area contributed by atoms with Crippen LogP contribution in [0, 0.1) is 0 Å². The Morgan fingerprint density at radius 1 is 1.27 bits per heavy atom. The molecule has 0 fully saturated rings. The van der Waals surface area contributed by atoms with Gasteiger partial charge < -0.3 is 10.3 Å². The van der Waals surface area contributed by atoms with Crippen molar-refractivity contribution < 1.29 is 9.59 Å². The largest absolute Gasteiger partial charge is 0.360 e. The predicted molar refractivity (Wildman–Crippen MR) is 83.7 cm³/mol. The molecule has 0 radical (unpaired) electrons. The number of fused-ring (bicyclic) bond motifs is 1. The summed E-state index contributed by atoms with van der Waals surface area (Å²) in [6.07, 6.45) is 4.80. The minimum Gasteiger partial charge on any atom is -0.360 e. The van der Waals surface area contributed by atoms with E-state index in [1.807, 2.05) is 6.07 Å². The second kappa shape index (κ2) is 5.99. The lowest BCUT2D eigenvalue weighted by Gasteiger charge is -2.03.